The molecule has 0 amide bonds. The Balaban J connectivity index is 1.65. The van der Waals surface area contributed by atoms with Gasteiger partial charge in [-0.1, -0.05) is 72.8 Å². The van der Waals surface area contributed by atoms with Gasteiger partial charge < -0.3 is 0 Å². The van der Waals surface area contributed by atoms with Crippen molar-refractivity contribution in [3.8, 4) is 22.3 Å². The van der Waals surface area contributed by atoms with Crippen LogP contribution in [0.1, 0.15) is 11.1 Å². The molecule has 2 nitrogen and oxygen atoms in total. The molecule has 0 aliphatic rings. The van der Waals surface area contributed by atoms with E-state index in [9.17, 15) is 8.42 Å². The Labute approximate surface area is 172 Å². The highest BCUT2D eigenvalue weighted by molar-refractivity contribution is 7.91. The average Bonchev–Trinajstić information content (AvgIpc) is 2.75. The minimum absolute atomic E-state index is 0.304. The standard InChI is InChI=1S/C26H22O2S/c1-19-7-3-5-9-25(19)21-11-15-23(16-12-21)29(27,28)24-17-13-22(14-18-24)26-10-6-4-8-20(26)2/h3-18H,1-2H3. The molecule has 0 bridgehead atoms. The van der Waals surface area contributed by atoms with Crippen LogP contribution in [-0.2, 0) is 9.84 Å². The van der Waals surface area contributed by atoms with E-state index in [2.05, 4.69) is 26.0 Å². The summed E-state index contributed by atoms with van der Waals surface area (Å²) < 4.78 is 26.1. The van der Waals surface area contributed by atoms with Gasteiger partial charge in [-0.3, -0.25) is 0 Å². The fraction of sp³-hybridized carbons (Fsp3) is 0.0769. The number of aryl methyl sites for hydroxylation is 2. The summed E-state index contributed by atoms with van der Waals surface area (Å²) in [6.45, 7) is 4.10. The third-order valence-corrected chi connectivity index (χ3v) is 7.03. The number of hydrogen-bond donors (Lipinski definition) is 0. The van der Waals surface area contributed by atoms with Crippen LogP contribution >= 0.6 is 0 Å². The number of rotatable bonds is 4. The largest absolute Gasteiger partial charge is 0.219 e. The summed E-state index contributed by atoms with van der Waals surface area (Å²) in [4.78, 5) is 0.608. The molecule has 29 heavy (non-hydrogen) atoms. The number of benzene rings is 4. The molecule has 0 unspecified atom stereocenters. The molecule has 0 aliphatic carbocycles. The van der Waals surface area contributed by atoms with Crippen LogP contribution in [0.2, 0.25) is 0 Å². The lowest BCUT2D eigenvalue weighted by atomic mass is 10.0. The van der Waals surface area contributed by atoms with Crippen LogP contribution in [0.5, 0.6) is 0 Å². The Morgan fingerprint density at radius 2 is 0.828 bits per heavy atom. The lowest BCUT2D eigenvalue weighted by molar-refractivity contribution is 0.596. The Morgan fingerprint density at radius 3 is 1.17 bits per heavy atom. The van der Waals surface area contributed by atoms with E-state index in [-0.39, 0.29) is 0 Å². The molecular formula is C26H22O2S. The number of hydrogen-bond acceptors (Lipinski definition) is 2. The summed E-state index contributed by atoms with van der Waals surface area (Å²) in [7, 11) is -3.56. The van der Waals surface area contributed by atoms with Gasteiger partial charge in [0.15, 0.2) is 0 Å². The predicted molar refractivity (Wildman–Crippen MR) is 119 cm³/mol. The first-order valence-corrected chi connectivity index (χ1v) is 11.0. The normalized spacial score (nSPS) is 11.4. The first-order chi connectivity index (χ1) is 14.0. The van der Waals surface area contributed by atoms with Crippen LogP contribution in [0.3, 0.4) is 0 Å². The predicted octanol–water partition coefficient (Wildman–Crippen LogP) is 6.47. The summed E-state index contributed by atoms with van der Waals surface area (Å²) >= 11 is 0. The summed E-state index contributed by atoms with van der Waals surface area (Å²) in [6.07, 6.45) is 0. The van der Waals surface area contributed by atoms with E-state index in [0.29, 0.717) is 9.79 Å². The van der Waals surface area contributed by atoms with Gasteiger partial charge in [0.1, 0.15) is 0 Å². The van der Waals surface area contributed by atoms with Gasteiger partial charge in [-0.05, 0) is 71.5 Å². The van der Waals surface area contributed by atoms with Crippen LogP contribution in [0.25, 0.3) is 22.3 Å². The molecule has 0 saturated heterocycles. The van der Waals surface area contributed by atoms with Crippen molar-refractivity contribution in [1.29, 1.82) is 0 Å². The zero-order valence-corrected chi connectivity index (χ0v) is 17.3. The SMILES string of the molecule is Cc1ccccc1-c1ccc(S(=O)(=O)c2ccc(-c3ccccc3C)cc2)cc1. The van der Waals surface area contributed by atoms with Crippen LogP contribution in [-0.4, -0.2) is 8.42 Å². The second-order valence-corrected chi connectivity index (χ2v) is 9.13. The molecule has 0 aliphatic heterocycles. The fourth-order valence-corrected chi connectivity index (χ4v) is 4.82. The van der Waals surface area contributed by atoms with Crippen molar-refractivity contribution >= 4 is 9.84 Å². The van der Waals surface area contributed by atoms with Gasteiger partial charge in [0.05, 0.1) is 9.79 Å². The molecule has 144 valence electrons. The van der Waals surface area contributed by atoms with E-state index in [1.807, 2.05) is 60.7 Å². The zero-order valence-electron chi connectivity index (χ0n) is 16.5. The molecule has 0 radical (unpaired) electrons. The van der Waals surface area contributed by atoms with Gasteiger partial charge in [-0.15, -0.1) is 0 Å². The highest BCUT2D eigenvalue weighted by Gasteiger charge is 2.18. The van der Waals surface area contributed by atoms with Gasteiger partial charge in [0.25, 0.3) is 0 Å². The van der Waals surface area contributed by atoms with Gasteiger partial charge in [-0.2, -0.15) is 0 Å². The van der Waals surface area contributed by atoms with Crippen LogP contribution in [0.15, 0.2) is 107 Å². The quantitative estimate of drug-likeness (QED) is 0.395. The van der Waals surface area contributed by atoms with Crippen molar-refractivity contribution in [3.63, 3.8) is 0 Å². The van der Waals surface area contributed by atoms with Gasteiger partial charge >= 0.3 is 0 Å². The molecule has 0 N–H and O–H groups in total. The molecule has 3 heteroatoms. The fourth-order valence-electron chi connectivity index (χ4n) is 3.56. The minimum Gasteiger partial charge on any atom is -0.219 e. The van der Waals surface area contributed by atoms with Crippen molar-refractivity contribution in [2.45, 2.75) is 23.6 Å². The van der Waals surface area contributed by atoms with Crippen LogP contribution in [0, 0.1) is 13.8 Å². The van der Waals surface area contributed by atoms with Gasteiger partial charge in [-0.25, -0.2) is 8.42 Å². The molecule has 0 aromatic heterocycles. The number of sulfone groups is 1. The van der Waals surface area contributed by atoms with Crippen molar-refractivity contribution in [1.82, 2.24) is 0 Å². The Hall–Kier alpha value is -3.17. The molecule has 4 rings (SSSR count). The van der Waals surface area contributed by atoms with E-state index in [0.717, 1.165) is 33.4 Å². The lowest BCUT2D eigenvalue weighted by Gasteiger charge is -2.10. The van der Waals surface area contributed by atoms with E-state index in [1.54, 1.807) is 24.3 Å². The summed E-state index contributed by atoms with van der Waals surface area (Å²) in [5.74, 6) is 0. The third-order valence-electron chi connectivity index (χ3n) is 5.24. The van der Waals surface area contributed by atoms with E-state index < -0.39 is 9.84 Å². The first kappa shape index (κ1) is 19.2. The second kappa shape index (κ2) is 7.69. The Kier molecular flexibility index (Phi) is 5.08. The highest BCUT2D eigenvalue weighted by Crippen LogP contribution is 2.29. The van der Waals surface area contributed by atoms with E-state index in [1.165, 1.54) is 0 Å². The smallest absolute Gasteiger partial charge is 0.206 e. The first-order valence-electron chi connectivity index (χ1n) is 9.54. The molecule has 4 aromatic rings. The molecule has 0 saturated carbocycles. The maximum Gasteiger partial charge on any atom is 0.206 e. The molecule has 0 fully saturated rings. The summed E-state index contributed by atoms with van der Waals surface area (Å²) in [6, 6.07) is 30.4. The molecular weight excluding hydrogens is 376 g/mol. The monoisotopic (exact) mass is 398 g/mol. The van der Waals surface area contributed by atoms with Crippen LogP contribution < -0.4 is 0 Å². The molecule has 0 heterocycles. The maximum absolute atomic E-state index is 13.1. The molecule has 0 spiro atoms. The average molecular weight is 399 g/mol. The Morgan fingerprint density at radius 1 is 0.483 bits per heavy atom. The molecule has 4 aromatic carbocycles. The second-order valence-electron chi connectivity index (χ2n) is 7.18. The van der Waals surface area contributed by atoms with Crippen molar-refractivity contribution in [2.24, 2.45) is 0 Å². The zero-order chi connectivity index (χ0) is 20.4. The maximum atomic E-state index is 13.1. The van der Waals surface area contributed by atoms with Crippen LogP contribution in [0.4, 0.5) is 0 Å². The third kappa shape index (κ3) is 3.74. The lowest BCUT2D eigenvalue weighted by Crippen LogP contribution is -2.02. The van der Waals surface area contributed by atoms with Gasteiger partial charge in [0, 0.05) is 0 Å². The topological polar surface area (TPSA) is 34.1 Å². The summed E-state index contributed by atoms with van der Waals surface area (Å²) in [5.41, 5.74) is 6.57. The van der Waals surface area contributed by atoms with Crippen molar-refractivity contribution in [2.75, 3.05) is 0 Å². The highest BCUT2D eigenvalue weighted by atomic mass is 32.2. The van der Waals surface area contributed by atoms with Crippen molar-refractivity contribution < 1.29 is 8.42 Å². The summed E-state index contributed by atoms with van der Waals surface area (Å²) in [5, 5.41) is 0. The van der Waals surface area contributed by atoms with Crippen molar-refractivity contribution in [3.05, 3.63) is 108 Å². The molecule has 0 atom stereocenters. The van der Waals surface area contributed by atoms with E-state index in [4.69, 9.17) is 0 Å². The Bertz CT molecular complexity index is 1160. The minimum atomic E-state index is -3.56. The van der Waals surface area contributed by atoms with E-state index >= 15 is 0 Å². The van der Waals surface area contributed by atoms with Gasteiger partial charge in [0.2, 0.25) is 9.84 Å².